The van der Waals surface area contributed by atoms with Crippen molar-refractivity contribution in [2.45, 2.75) is 26.3 Å². The summed E-state index contributed by atoms with van der Waals surface area (Å²) >= 11 is 0. The van der Waals surface area contributed by atoms with Crippen molar-refractivity contribution in [1.29, 1.82) is 0 Å². The average Bonchev–Trinajstić information content (AvgIpc) is 2.29. The van der Waals surface area contributed by atoms with Crippen molar-refractivity contribution in [3.63, 3.8) is 0 Å². The molecule has 2 N–H and O–H groups in total. The molecule has 0 fully saturated rings. The second kappa shape index (κ2) is 5.87. The predicted molar refractivity (Wildman–Crippen MR) is 73.7 cm³/mol. The molecule has 0 radical (unpaired) electrons. The highest BCUT2D eigenvalue weighted by molar-refractivity contribution is 5.81. The number of likely N-dealkylation sites (N-methyl/N-ethyl adjacent to an activating group) is 1. The Hall–Kier alpha value is -1.55. The van der Waals surface area contributed by atoms with E-state index in [1.807, 2.05) is 43.1 Å². The normalized spacial score (nSPS) is 13.8. The number of carbonyl (C=O) groups excluding carboxylic acids is 1. The van der Waals surface area contributed by atoms with E-state index in [2.05, 4.69) is 0 Å². The number of ether oxygens (including phenoxy) is 1. The van der Waals surface area contributed by atoms with Crippen LogP contribution in [0.25, 0.3) is 0 Å². The van der Waals surface area contributed by atoms with Gasteiger partial charge in [0.1, 0.15) is 5.54 Å². The molecular formula is C14H22N2O2. The molecular weight excluding hydrogens is 228 g/mol. The van der Waals surface area contributed by atoms with E-state index in [4.69, 9.17) is 10.5 Å². The Morgan fingerprint density at radius 1 is 1.39 bits per heavy atom. The largest absolute Gasteiger partial charge is 0.465 e. The van der Waals surface area contributed by atoms with Crippen LogP contribution in [0.1, 0.15) is 19.4 Å². The smallest absolute Gasteiger partial charge is 0.327 e. The predicted octanol–water partition coefficient (Wildman–Crippen LogP) is 1.71. The summed E-state index contributed by atoms with van der Waals surface area (Å²) in [5.41, 5.74) is 7.23. The SMILES string of the molecule is CCOC(=O)C(C)(N)CN(C)c1ccc(C)cc1. The van der Waals surface area contributed by atoms with Gasteiger partial charge in [-0.3, -0.25) is 0 Å². The van der Waals surface area contributed by atoms with Gasteiger partial charge in [-0.2, -0.15) is 0 Å². The number of hydrogen-bond donors (Lipinski definition) is 1. The number of hydrogen-bond acceptors (Lipinski definition) is 4. The van der Waals surface area contributed by atoms with E-state index >= 15 is 0 Å². The van der Waals surface area contributed by atoms with Gasteiger partial charge in [-0.1, -0.05) is 17.7 Å². The van der Waals surface area contributed by atoms with E-state index in [1.54, 1.807) is 13.8 Å². The molecule has 0 saturated carbocycles. The van der Waals surface area contributed by atoms with Crippen LogP contribution < -0.4 is 10.6 Å². The number of nitrogens with zero attached hydrogens (tertiary/aromatic N) is 1. The minimum atomic E-state index is -1.00. The number of nitrogens with two attached hydrogens (primary N) is 1. The van der Waals surface area contributed by atoms with Crippen LogP contribution in [0.3, 0.4) is 0 Å². The van der Waals surface area contributed by atoms with Crippen molar-refractivity contribution in [2.24, 2.45) is 5.73 Å². The first kappa shape index (κ1) is 14.5. The van der Waals surface area contributed by atoms with Crippen molar-refractivity contribution in [3.8, 4) is 0 Å². The van der Waals surface area contributed by atoms with Crippen LogP contribution in [0.5, 0.6) is 0 Å². The van der Waals surface area contributed by atoms with Crippen LogP contribution in [0, 0.1) is 6.92 Å². The zero-order chi connectivity index (χ0) is 13.8. The van der Waals surface area contributed by atoms with Gasteiger partial charge in [0, 0.05) is 19.3 Å². The first-order valence-corrected chi connectivity index (χ1v) is 6.10. The summed E-state index contributed by atoms with van der Waals surface area (Å²) in [6.07, 6.45) is 0. The van der Waals surface area contributed by atoms with E-state index < -0.39 is 5.54 Å². The Bertz CT molecular complexity index is 399. The molecule has 100 valence electrons. The highest BCUT2D eigenvalue weighted by atomic mass is 16.5. The Balaban J connectivity index is 2.71. The summed E-state index contributed by atoms with van der Waals surface area (Å²) in [6, 6.07) is 8.08. The van der Waals surface area contributed by atoms with E-state index in [0.29, 0.717) is 13.2 Å². The van der Waals surface area contributed by atoms with Gasteiger partial charge >= 0.3 is 5.97 Å². The molecule has 0 aliphatic carbocycles. The van der Waals surface area contributed by atoms with Crippen LogP contribution in [-0.2, 0) is 9.53 Å². The summed E-state index contributed by atoms with van der Waals surface area (Å²) in [4.78, 5) is 13.7. The minimum Gasteiger partial charge on any atom is -0.465 e. The summed E-state index contributed by atoms with van der Waals surface area (Å²) in [5.74, 6) is -0.371. The molecule has 0 heterocycles. The van der Waals surface area contributed by atoms with Gasteiger partial charge < -0.3 is 15.4 Å². The Morgan fingerprint density at radius 2 is 1.94 bits per heavy atom. The Labute approximate surface area is 109 Å². The molecule has 1 aromatic carbocycles. The lowest BCUT2D eigenvalue weighted by Gasteiger charge is -2.29. The van der Waals surface area contributed by atoms with Crippen LogP contribution in [0.15, 0.2) is 24.3 Å². The third-order valence-electron chi connectivity index (χ3n) is 2.78. The number of rotatable bonds is 5. The molecule has 18 heavy (non-hydrogen) atoms. The van der Waals surface area contributed by atoms with Gasteiger partial charge in [-0.15, -0.1) is 0 Å². The zero-order valence-electron chi connectivity index (χ0n) is 11.6. The summed E-state index contributed by atoms with van der Waals surface area (Å²) in [7, 11) is 1.91. The molecule has 1 aromatic rings. The Kier molecular flexibility index (Phi) is 4.73. The molecule has 0 aliphatic rings. The molecule has 1 atom stereocenters. The number of esters is 1. The monoisotopic (exact) mass is 250 g/mol. The average molecular weight is 250 g/mol. The highest BCUT2D eigenvalue weighted by Crippen LogP contribution is 2.16. The first-order chi connectivity index (χ1) is 8.36. The molecule has 0 bridgehead atoms. The Morgan fingerprint density at radius 3 is 2.44 bits per heavy atom. The molecule has 4 heteroatoms. The maximum atomic E-state index is 11.7. The number of aryl methyl sites for hydroxylation is 1. The molecule has 0 amide bonds. The van der Waals surface area contributed by atoms with E-state index in [-0.39, 0.29) is 5.97 Å². The van der Waals surface area contributed by atoms with Gasteiger partial charge in [-0.05, 0) is 32.9 Å². The lowest BCUT2D eigenvalue weighted by molar-refractivity contribution is -0.148. The van der Waals surface area contributed by atoms with Gasteiger partial charge in [0.15, 0.2) is 0 Å². The van der Waals surface area contributed by atoms with E-state index in [1.165, 1.54) is 5.56 Å². The topological polar surface area (TPSA) is 55.6 Å². The third-order valence-corrected chi connectivity index (χ3v) is 2.78. The summed E-state index contributed by atoms with van der Waals surface area (Å²) in [5, 5.41) is 0. The van der Waals surface area contributed by atoms with Gasteiger partial charge in [0.25, 0.3) is 0 Å². The molecule has 4 nitrogen and oxygen atoms in total. The number of carbonyl (C=O) groups is 1. The summed E-state index contributed by atoms with van der Waals surface area (Å²) in [6.45, 7) is 6.26. The van der Waals surface area contributed by atoms with Gasteiger partial charge in [-0.25, -0.2) is 4.79 Å². The molecule has 1 rings (SSSR count). The van der Waals surface area contributed by atoms with Gasteiger partial charge in [0.2, 0.25) is 0 Å². The lowest BCUT2D eigenvalue weighted by atomic mass is 10.0. The van der Waals surface area contributed by atoms with Crippen LogP contribution in [-0.4, -0.2) is 31.7 Å². The highest BCUT2D eigenvalue weighted by Gasteiger charge is 2.31. The third kappa shape index (κ3) is 3.74. The maximum Gasteiger partial charge on any atom is 0.327 e. The molecule has 0 spiro atoms. The fourth-order valence-electron chi connectivity index (χ4n) is 1.74. The van der Waals surface area contributed by atoms with Crippen molar-refractivity contribution in [1.82, 2.24) is 0 Å². The lowest BCUT2D eigenvalue weighted by Crippen LogP contribution is -2.54. The van der Waals surface area contributed by atoms with Gasteiger partial charge in [0.05, 0.1) is 6.61 Å². The van der Waals surface area contributed by atoms with E-state index in [0.717, 1.165) is 5.69 Å². The maximum absolute atomic E-state index is 11.7. The fraction of sp³-hybridized carbons (Fsp3) is 0.500. The molecule has 0 saturated heterocycles. The van der Waals surface area contributed by atoms with Crippen molar-refractivity contribution >= 4 is 11.7 Å². The molecule has 0 aliphatic heterocycles. The minimum absolute atomic E-state index is 0.347. The van der Waals surface area contributed by atoms with Crippen molar-refractivity contribution in [3.05, 3.63) is 29.8 Å². The first-order valence-electron chi connectivity index (χ1n) is 6.10. The van der Waals surface area contributed by atoms with Crippen molar-refractivity contribution in [2.75, 3.05) is 25.1 Å². The van der Waals surface area contributed by atoms with Crippen LogP contribution >= 0.6 is 0 Å². The fourth-order valence-corrected chi connectivity index (χ4v) is 1.74. The number of anilines is 1. The second-order valence-electron chi connectivity index (χ2n) is 4.83. The summed E-state index contributed by atoms with van der Waals surface area (Å²) < 4.78 is 4.97. The molecule has 0 aromatic heterocycles. The standard InChI is InChI=1S/C14H22N2O2/c1-5-18-13(17)14(3,15)10-16(4)12-8-6-11(2)7-9-12/h6-9H,5,10,15H2,1-4H3. The zero-order valence-corrected chi connectivity index (χ0v) is 11.6. The quantitative estimate of drug-likeness (QED) is 0.808. The van der Waals surface area contributed by atoms with Crippen LogP contribution in [0.2, 0.25) is 0 Å². The van der Waals surface area contributed by atoms with Crippen molar-refractivity contribution < 1.29 is 9.53 Å². The second-order valence-corrected chi connectivity index (χ2v) is 4.83. The van der Waals surface area contributed by atoms with E-state index in [9.17, 15) is 4.79 Å². The molecule has 1 unspecified atom stereocenters. The number of benzene rings is 1. The van der Waals surface area contributed by atoms with Crippen LogP contribution in [0.4, 0.5) is 5.69 Å².